The molecule has 0 aliphatic rings. The standard InChI is InChI=1S/C37H73NO4Si/c1-5-8-11-14-17-20-23-27-34-40-43(37-30-26-31-38(4)32-33-39,41-35-28-24-21-18-15-12-9-6-2)42-36-29-25-22-19-16-13-10-7-3/h17-22,39H,5-16,23-37H2,1-4H3/b20-17-,21-18-,22-19-. The van der Waals surface area contributed by atoms with E-state index in [1.807, 2.05) is 0 Å². The molecule has 0 aliphatic heterocycles. The molecule has 0 rings (SSSR count). The molecule has 0 spiro atoms. The maximum Gasteiger partial charge on any atom is 0.500 e. The van der Waals surface area contributed by atoms with Crippen molar-refractivity contribution in [2.45, 2.75) is 155 Å². The van der Waals surface area contributed by atoms with Crippen molar-refractivity contribution in [2.24, 2.45) is 0 Å². The quantitative estimate of drug-likeness (QED) is 0.0439. The monoisotopic (exact) mass is 624 g/mol. The fraction of sp³-hybridized carbons (Fsp3) is 0.838. The van der Waals surface area contributed by atoms with Crippen LogP contribution >= 0.6 is 0 Å². The smallest absolute Gasteiger partial charge is 0.395 e. The summed E-state index contributed by atoms with van der Waals surface area (Å²) < 4.78 is 19.9. The minimum atomic E-state index is -2.78. The Kier molecular flexibility index (Phi) is 33.5. The zero-order chi connectivity index (χ0) is 31.5. The molecule has 0 aliphatic carbocycles. The number of rotatable bonds is 34. The van der Waals surface area contributed by atoms with Crippen LogP contribution in [0.4, 0.5) is 0 Å². The van der Waals surface area contributed by atoms with Gasteiger partial charge in [0.25, 0.3) is 0 Å². The highest BCUT2D eigenvalue weighted by molar-refractivity contribution is 6.60. The van der Waals surface area contributed by atoms with Gasteiger partial charge >= 0.3 is 8.80 Å². The fourth-order valence-electron chi connectivity index (χ4n) is 4.88. The molecule has 0 aromatic heterocycles. The molecule has 0 atom stereocenters. The first-order valence-electron chi connectivity index (χ1n) is 18.3. The zero-order valence-electron chi connectivity index (χ0n) is 29.2. The Morgan fingerprint density at radius 1 is 0.488 bits per heavy atom. The van der Waals surface area contributed by atoms with E-state index in [0.29, 0.717) is 19.8 Å². The lowest BCUT2D eigenvalue weighted by Crippen LogP contribution is -2.46. The van der Waals surface area contributed by atoms with Crippen LogP contribution < -0.4 is 0 Å². The van der Waals surface area contributed by atoms with Crippen molar-refractivity contribution in [1.29, 1.82) is 0 Å². The van der Waals surface area contributed by atoms with Gasteiger partial charge in [0, 0.05) is 32.4 Å². The van der Waals surface area contributed by atoms with Crippen molar-refractivity contribution >= 4 is 8.80 Å². The summed E-state index contributed by atoms with van der Waals surface area (Å²) in [4.78, 5) is 2.19. The molecule has 0 aromatic rings. The highest BCUT2D eigenvalue weighted by Gasteiger charge is 2.40. The Bertz CT molecular complexity index is 571. The van der Waals surface area contributed by atoms with Crippen molar-refractivity contribution in [1.82, 2.24) is 4.90 Å². The van der Waals surface area contributed by atoms with E-state index in [-0.39, 0.29) is 6.61 Å². The van der Waals surface area contributed by atoms with Crippen LogP contribution in [0.25, 0.3) is 0 Å². The molecular formula is C37H73NO4Si. The second kappa shape index (κ2) is 34.1. The zero-order valence-corrected chi connectivity index (χ0v) is 30.2. The summed E-state index contributed by atoms with van der Waals surface area (Å²) in [6.07, 6.45) is 37.4. The summed E-state index contributed by atoms with van der Waals surface area (Å²) >= 11 is 0. The number of allylic oxidation sites excluding steroid dienone is 6. The molecule has 0 aromatic carbocycles. The molecule has 0 saturated carbocycles. The van der Waals surface area contributed by atoms with Crippen molar-refractivity contribution in [3.05, 3.63) is 36.5 Å². The molecule has 0 fully saturated rings. The normalized spacial score (nSPS) is 12.7. The highest BCUT2D eigenvalue weighted by atomic mass is 28.4. The van der Waals surface area contributed by atoms with Gasteiger partial charge in [-0.3, -0.25) is 0 Å². The second-order valence-corrected chi connectivity index (χ2v) is 14.8. The molecule has 0 amide bonds. The maximum absolute atomic E-state index is 9.25. The van der Waals surface area contributed by atoms with Crippen molar-refractivity contribution in [2.75, 3.05) is 46.6 Å². The number of unbranched alkanes of at least 4 members (excludes halogenated alkanes) is 13. The van der Waals surface area contributed by atoms with Crippen LogP contribution in [-0.4, -0.2) is 65.4 Å². The van der Waals surface area contributed by atoms with E-state index in [4.69, 9.17) is 13.3 Å². The van der Waals surface area contributed by atoms with Gasteiger partial charge in [0.2, 0.25) is 0 Å². The minimum absolute atomic E-state index is 0.206. The third kappa shape index (κ3) is 29.7. The van der Waals surface area contributed by atoms with Crippen LogP contribution in [0, 0.1) is 0 Å². The van der Waals surface area contributed by atoms with E-state index >= 15 is 0 Å². The van der Waals surface area contributed by atoms with Gasteiger partial charge in [-0.05, 0) is 103 Å². The molecule has 5 nitrogen and oxygen atoms in total. The topological polar surface area (TPSA) is 51.2 Å². The van der Waals surface area contributed by atoms with E-state index in [1.165, 1.54) is 77.0 Å². The Balaban J connectivity index is 5.06. The SMILES string of the molecule is CCCCC/C=C\CCCO[Si](CCCCN(C)CCO)(OCCC/C=C\CCCCC)OCCC/C=C\CCCCC. The fourth-order valence-corrected chi connectivity index (χ4v) is 7.61. The molecule has 0 unspecified atom stereocenters. The summed E-state index contributed by atoms with van der Waals surface area (Å²) in [5, 5.41) is 9.25. The molecule has 1 N–H and O–H groups in total. The molecule has 0 bridgehead atoms. The average molecular weight is 624 g/mol. The number of aliphatic hydroxyl groups is 1. The molecular weight excluding hydrogens is 550 g/mol. The van der Waals surface area contributed by atoms with Crippen molar-refractivity contribution in [3.8, 4) is 0 Å². The third-order valence-corrected chi connectivity index (χ3v) is 10.6. The first-order valence-corrected chi connectivity index (χ1v) is 20.2. The van der Waals surface area contributed by atoms with Crippen LogP contribution in [0.1, 0.15) is 149 Å². The number of hydrogen-bond acceptors (Lipinski definition) is 5. The van der Waals surface area contributed by atoms with Crippen LogP contribution in [0.15, 0.2) is 36.5 Å². The summed E-state index contributed by atoms with van der Waals surface area (Å²) in [6, 6.07) is 0.868. The predicted molar refractivity (Wildman–Crippen MR) is 190 cm³/mol. The van der Waals surface area contributed by atoms with Gasteiger partial charge in [-0.15, -0.1) is 0 Å². The number of nitrogens with zero attached hydrogens (tertiary/aromatic N) is 1. The van der Waals surface area contributed by atoms with Gasteiger partial charge in [0.15, 0.2) is 0 Å². The Morgan fingerprint density at radius 2 is 0.860 bits per heavy atom. The summed E-state index contributed by atoms with van der Waals surface area (Å²) in [7, 11) is -0.709. The van der Waals surface area contributed by atoms with Gasteiger partial charge in [0.05, 0.1) is 6.61 Å². The molecule has 254 valence electrons. The Hall–Kier alpha value is -0.763. The lowest BCUT2D eigenvalue weighted by Gasteiger charge is -2.30. The lowest BCUT2D eigenvalue weighted by atomic mass is 10.2. The number of likely N-dealkylation sites (N-methyl/N-ethyl adjacent to an activating group) is 1. The summed E-state index contributed by atoms with van der Waals surface area (Å²) in [5.74, 6) is 0. The van der Waals surface area contributed by atoms with Crippen LogP contribution in [-0.2, 0) is 13.3 Å². The maximum atomic E-state index is 9.25. The van der Waals surface area contributed by atoms with Gasteiger partial charge in [-0.2, -0.15) is 0 Å². The second-order valence-electron chi connectivity index (χ2n) is 12.0. The van der Waals surface area contributed by atoms with Gasteiger partial charge < -0.3 is 23.3 Å². The highest BCUT2D eigenvalue weighted by Crippen LogP contribution is 2.22. The average Bonchev–Trinajstić information content (AvgIpc) is 3.01. The van der Waals surface area contributed by atoms with Gasteiger partial charge in [-0.25, -0.2) is 0 Å². The molecule has 0 radical (unpaired) electrons. The van der Waals surface area contributed by atoms with E-state index in [0.717, 1.165) is 70.5 Å². The Labute approximate surface area is 269 Å². The van der Waals surface area contributed by atoms with E-state index in [1.54, 1.807) is 0 Å². The molecule has 6 heteroatoms. The lowest BCUT2D eigenvalue weighted by molar-refractivity contribution is 0.0564. The van der Waals surface area contributed by atoms with Crippen LogP contribution in [0.3, 0.4) is 0 Å². The predicted octanol–water partition coefficient (Wildman–Crippen LogP) is 10.4. The van der Waals surface area contributed by atoms with Crippen LogP contribution in [0.5, 0.6) is 0 Å². The third-order valence-electron chi connectivity index (χ3n) is 7.69. The number of aliphatic hydroxyl groups excluding tert-OH is 1. The molecule has 0 saturated heterocycles. The van der Waals surface area contributed by atoms with E-state index < -0.39 is 8.80 Å². The Morgan fingerprint density at radius 3 is 1.21 bits per heavy atom. The van der Waals surface area contributed by atoms with Crippen molar-refractivity contribution in [3.63, 3.8) is 0 Å². The summed E-state index contributed by atoms with van der Waals surface area (Å²) in [5.41, 5.74) is 0. The van der Waals surface area contributed by atoms with E-state index in [9.17, 15) is 5.11 Å². The number of hydrogen-bond donors (Lipinski definition) is 1. The first-order chi connectivity index (χ1) is 21.1. The summed E-state index contributed by atoms with van der Waals surface area (Å²) in [6.45, 7) is 10.8. The largest absolute Gasteiger partial charge is 0.500 e. The molecule has 43 heavy (non-hydrogen) atoms. The minimum Gasteiger partial charge on any atom is -0.395 e. The van der Waals surface area contributed by atoms with Crippen LogP contribution in [0.2, 0.25) is 6.04 Å². The van der Waals surface area contributed by atoms with Crippen molar-refractivity contribution < 1.29 is 18.4 Å². The first kappa shape index (κ1) is 42.2. The van der Waals surface area contributed by atoms with Gasteiger partial charge in [0.1, 0.15) is 0 Å². The molecule has 0 heterocycles. The van der Waals surface area contributed by atoms with Gasteiger partial charge in [-0.1, -0.05) is 95.8 Å². The van der Waals surface area contributed by atoms with E-state index in [2.05, 4.69) is 69.2 Å².